The number of hydroxylamine groups is 1. The quantitative estimate of drug-likeness (QED) is 0.422. The zero-order valence-corrected chi connectivity index (χ0v) is 9.00. The summed E-state index contributed by atoms with van der Waals surface area (Å²) in [5.41, 5.74) is 7.40. The zero-order chi connectivity index (χ0) is 11.3. The molecule has 0 unspecified atom stereocenters. The molecule has 0 aliphatic rings. The van der Waals surface area contributed by atoms with Crippen molar-refractivity contribution in [2.45, 2.75) is 0 Å². The van der Waals surface area contributed by atoms with E-state index >= 15 is 0 Å². The van der Waals surface area contributed by atoms with Crippen molar-refractivity contribution >= 4 is 35.4 Å². The minimum absolute atomic E-state index is 0.212. The molecular weight excluding hydrogens is 239 g/mol. The van der Waals surface area contributed by atoms with Gasteiger partial charge in [0, 0.05) is 10.6 Å². The van der Waals surface area contributed by atoms with E-state index in [1.165, 1.54) is 6.21 Å². The van der Waals surface area contributed by atoms with Gasteiger partial charge in [-0.25, -0.2) is 5.48 Å². The number of hydrogen-bond donors (Lipinski definition) is 3. The number of guanidine groups is 1. The third kappa shape index (κ3) is 3.75. The molecule has 0 atom stereocenters. The Bertz CT molecular complexity index is 406. The number of nitrogens with zero attached hydrogens (tertiary/aromatic N) is 2. The Balaban J connectivity index is 2.81. The van der Waals surface area contributed by atoms with Gasteiger partial charge in [-0.05, 0) is 12.1 Å². The van der Waals surface area contributed by atoms with Crippen LogP contribution in [0.4, 0.5) is 0 Å². The van der Waals surface area contributed by atoms with Gasteiger partial charge >= 0.3 is 0 Å². The van der Waals surface area contributed by atoms with Crippen molar-refractivity contribution in [2.24, 2.45) is 15.9 Å². The van der Waals surface area contributed by atoms with Crippen LogP contribution in [0.1, 0.15) is 5.56 Å². The summed E-state index contributed by atoms with van der Waals surface area (Å²) in [5.74, 6) is -0.212. The lowest BCUT2D eigenvalue weighted by Crippen LogP contribution is -2.27. The molecule has 5 nitrogen and oxygen atoms in total. The summed E-state index contributed by atoms with van der Waals surface area (Å²) >= 11 is 11.6. The second-order valence-electron chi connectivity index (χ2n) is 2.51. The lowest BCUT2D eigenvalue weighted by atomic mass is 10.2. The summed E-state index contributed by atoms with van der Waals surface area (Å²) in [6.45, 7) is 0. The van der Waals surface area contributed by atoms with E-state index in [1.54, 1.807) is 23.7 Å². The molecule has 7 heteroatoms. The second-order valence-corrected chi connectivity index (χ2v) is 3.35. The molecule has 0 amide bonds. The molecule has 0 aliphatic heterocycles. The van der Waals surface area contributed by atoms with Gasteiger partial charge in [0.15, 0.2) is 0 Å². The van der Waals surface area contributed by atoms with E-state index in [0.717, 1.165) is 0 Å². The summed E-state index contributed by atoms with van der Waals surface area (Å²) in [7, 11) is 0. The SMILES string of the molecule is NC(=NN=Cc1ccc(Cl)cc1Cl)NO. The lowest BCUT2D eigenvalue weighted by molar-refractivity contribution is 0.232. The van der Waals surface area contributed by atoms with Crippen molar-refractivity contribution in [3.05, 3.63) is 33.8 Å². The first-order valence-electron chi connectivity index (χ1n) is 3.85. The van der Waals surface area contributed by atoms with Gasteiger partial charge in [-0.3, -0.25) is 5.21 Å². The predicted octanol–water partition coefficient (Wildman–Crippen LogP) is 1.62. The molecule has 1 rings (SSSR count). The number of benzene rings is 1. The van der Waals surface area contributed by atoms with Crippen LogP contribution in [0.15, 0.2) is 28.4 Å². The van der Waals surface area contributed by atoms with E-state index in [2.05, 4.69) is 10.2 Å². The highest BCUT2D eigenvalue weighted by Crippen LogP contribution is 2.19. The maximum Gasteiger partial charge on any atom is 0.237 e. The fourth-order valence-corrected chi connectivity index (χ4v) is 1.24. The molecule has 15 heavy (non-hydrogen) atoms. The Hall–Kier alpha value is -1.30. The number of nitrogens with two attached hydrogens (primary N) is 1. The summed E-state index contributed by atoms with van der Waals surface area (Å²) in [6, 6.07) is 4.94. The normalized spacial score (nSPS) is 12.1. The fourth-order valence-electron chi connectivity index (χ4n) is 0.782. The standard InChI is InChI=1S/C8H8Cl2N4O/c9-6-2-1-5(7(10)3-6)4-12-13-8(11)14-15/h1-4,15H,(H3,11,13,14). The van der Waals surface area contributed by atoms with E-state index in [-0.39, 0.29) is 5.96 Å². The van der Waals surface area contributed by atoms with Gasteiger partial charge in [0.05, 0.1) is 11.2 Å². The average Bonchev–Trinajstić information content (AvgIpc) is 2.21. The molecule has 4 N–H and O–H groups in total. The minimum atomic E-state index is -0.212. The maximum atomic E-state index is 8.30. The van der Waals surface area contributed by atoms with Gasteiger partial charge in [0.1, 0.15) is 0 Å². The van der Waals surface area contributed by atoms with Crippen LogP contribution in [0, 0.1) is 0 Å². The van der Waals surface area contributed by atoms with Crippen molar-refractivity contribution in [3.8, 4) is 0 Å². The Morgan fingerprint density at radius 2 is 2.20 bits per heavy atom. The van der Waals surface area contributed by atoms with Crippen LogP contribution in [-0.4, -0.2) is 17.4 Å². The topological polar surface area (TPSA) is 83.0 Å². The molecule has 0 radical (unpaired) electrons. The van der Waals surface area contributed by atoms with Crippen LogP contribution in [-0.2, 0) is 0 Å². The number of hydrogen-bond acceptors (Lipinski definition) is 3. The first kappa shape index (κ1) is 11.8. The van der Waals surface area contributed by atoms with Gasteiger partial charge in [-0.2, -0.15) is 5.10 Å². The molecule has 0 aromatic heterocycles. The minimum Gasteiger partial charge on any atom is -0.367 e. The fraction of sp³-hybridized carbons (Fsp3) is 0. The molecular formula is C8H8Cl2N4O. The van der Waals surface area contributed by atoms with E-state index in [9.17, 15) is 0 Å². The van der Waals surface area contributed by atoms with Crippen molar-refractivity contribution in [2.75, 3.05) is 0 Å². The summed E-state index contributed by atoms with van der Waals surface area (Å²) in [6.07, 6.45) is 1.39. The first-order chi connectivity index (χ1) is 7.13. The number of halogens is 2. The third-order valence-corrected chi connectivity index (χ3v) is 2.00. The van der Waals surface area contributed by atoms with Crippen molar-refractivity contribution in [3.63, 3.8) is 0 Å². The molecule has 0 heterocycles. The second kappa shape index (κ2) is 5.55. The lowest BCUT2D eigenvalue weighted by Gasteiger charge is -1.96. The van der Waals surface area contributed by atoms with E-state index in [0.29, 0.717) is 15.6 Å². The van der Waals surface area contributed by atoms with Crippen LogP contribution >= 0.6 is 23.2 Å². The summed E-state index contributed by atoms with van der Waals surface area (Å²) in [4.78, 5) is 0. The van der Waals surface area contributed by atoms with Gasteiger partial charge < -0.3 is 5.73 Å². The Morgan fingerprint density at radius 3 is 2.80 bits per heavy atom. The van der Waals surface area contributed by atoms with Crippen LogP contribution in [0.2, 0.25) is 10.0 Å². The van der Waals surface area contributed by atoms with Crippen LogP contribution in [0.5, 0.6) is 0 Å². The maximum absolute atomic E-state index is 8.30. The number of rotatable bonds is 2. The van der Waals surface area contributed by atoms with Gasteiger partial charge in [0.2, 0.25) is 5.96 Å². The van der Waals surface area contributed by atoms with Crippen molar-refractivity contribution in [1.82, 2.24) is 5.48 Å². The summed E-state index contributed by atoms with van der Waals surface area (Å²) in [5, 5.41) is 16.3. The number of nitrogens with one attached hydrogen (secondary N) is 1. The highest BCUT2D eigenvalue weighted by atomic mass is 35.5. The summed E-state index contributed by atoms with van der Waals surface area (Å²) < 4.78 is 0. The Kier molecular flexibility index (Phi) is 4.36. The zero-order valence-electron chi connectivity index (χ0n) is 7.48. The molecule has 80 valence electrons. The Morgan fingerprint density at radius 1 is 1.47 bits per heavy atom. The van der Waals surface area contributed by atoms with Gasteiger partial charge in [0.25, 0.3) is 0 Å². The van der Waals surface area contributed by atoms with Crippen LogP contribution < -0.4 is 11.2 Å². The van der Waals surface area contributed by atoms with Crippen LogP contribution in [0.25, 0.3) is 0 Å². The predicted molar refractivity (Wildman–Crippen MR) is 60.6 cm³/mol. The molecule has 0 saturated carbocycles. The monoisotopic (exact) mass is 246 g/mol. The molecule has 1 aromatic carbocycles. The van der Waals surface area contributed by atoms with E-state index < -0.39 is 0 Å². The molecule has 0 spiro atoms. The van der Waals surface area contributed by atoms with Crippen molar-refractivity contribution < 1.29 is 5.21 Å². The molecule has 1 aromatic rings. The highest BCUT2D eigenvalue weighted by molar-refractivity contribution is 6.36. The Labute approximate surface area is 96.2 Å². The highest BCUT2D eigenvalue weighted by Gasteiger charge is 1.97. The van der Waals surface area contributed by atoms with Crippen LogP contribution in [0.3, 0.4) is 0 Å². The largest absolute Gasteiger partial charge is 0.367 e. The first-order valence-corrected chi connectivity index (χ1v) is 4.60. The van der Waals surface area contributed by atoms with Gasteiger partial charge in [-0.15, -0.1) is 5.10 Å². The molecule has 0 aliphatic carbocycles. The molecule has 0 bridgehead atoms. The van der Waals surface area contributed by atoms with Crippen molar-refractivity contribution in [1.29, 1.82) is 0 Å². The smallest absolute Gasteiger partial charge is 0.237 e. The van der Waals surface area contributed by atoms with Gasteiger partial charge in [-0.1, -0.05) is 29.3 Å². The average molecular weight is 247 g/mol. The van der Waals surface area contributed by atoms with E-state index in [4.69, 9.17) is 34.1 Å². The molecule has 0 saturated heterocycles. The third-order valence-electron chi connectivity index (χ3n) is 1.44. The molecule has 0 fully saturated rings. The van der Waals surface area contributed by atoms with E-state index in [1.807, 2.05) is 0 Å².